The lowest BCUT2D eigenvalue weighted by molar-refractivity contribution is -0.119. The number of hydrogen-bond donors (Lipinski definition) is 2. The first-order valence-corrected chi connectivity index (χ1v) is 8.92. The molecule has 1 aromatic carbocycles. The summed E-state index contributed by atoms with van der Waals surface area (Å²) in [6, 6.07) is 7.95. The number of urea groups is 1. The zero-order valence-corrected chi connectivity index (χ0v) is 14.7. The summed E-state index contributed by atoms with van der Waals surface area (Å²) < 4.78 is 0. The molecule has 2 fully saturated rings. The molecule has 1 atom stereocenters. The third kappa shape index (κ3) is 4.01. The first-order valence-electron chi connectivity index (χ1n) is 8.54. The van der Waals surface area contributed by atoms with Crippen LogP contribution >= 0.6 is 11.6 Å². The molecule has 2 heterocycles. The van der Waals surface area contributed by atoms with E-state index in [1.165, 1.54) is 5.56 Å². The summed E-state index contributed by atoms with van der Waals surface area (Å²) in [5.74, 6) is 0.522. The zero-order valence-electron chi connectivity index (χ0n) is 14.0. The van der Waals surface area contributed by atoms with Crippen LogP contribution in [0.3, 0.4) is 0 Å². The Balaban J connectivity index is 1.47. The van der Waals surface area contributed by atoms with Gasteiger partial charge in [0, 0.05) is 31.1 Å². The number of hydrogen-bond acceptors (Lipinski definition) is 2. The topological polar surface area (TPSA) is 61.4 Å². The minimum absolute atomic E-state index is 0.0399. The Labute approximate surface area is 147 Å². The lowest BCUT2D eigenvalue weighted by Gasteiger charge is -2.33. The van der Waals surface area contributed by atoms with Gasteiger partial charge in [0.05, 0.1) is 5.54 Å². The molecule has 3 rings (SSSR count). The van der Waals surface area contributed by atoms with Crippen LogP contribution in [-0.4, -0.2) is 42.0 Å². The Morgan fingerprint density at radius 1 is 1.42 bits per heavy atom. The average molecular weight is 350 g/mol. The fourth-order valence-corrected chi connectivity index (χ4v) is 3.74. The molecule has 0 aliphatic carbocycles. The molecule has 2 aliphatic heterocycles. The van der Waals surface area contributed by atoms with Crippen LogP contribution in [0.25, 0.3) is 0 Å². The first kappa shape index (κ1) is 17.1. The van der Waals surface area contributed by atoms with Gasteiger partial charge < -0.3 is 15.5 Å². The van der Waals surface area contributed by atoms with E-state index in [2.05, 4.69) is 16.7 Å². The van der Waals surface area contributed by atoms with E-state index in [4.69, 9.17) is 11.6 Å². The Kier molecular flexibility index (Phi) is 4.99. The Bertz CT molecular complexity index is 628. The maximum atomic E-state index is 12.4. The summed E-state index contributed by atoms with van der Waals surface area (Å²) in [5.41, 5.74) is 0.940. The highest BCUT2D eigenvalue weighted by Gasteiger charge is 2.34. The highest BCUT2D eigenvalue weighted by molar-refractivity contribution is 6.30. The number of benzene rings is 1. The van der Waals surface area contributed by atoms with Crippen molar-refractivity contribution in [1.29, 1.82) is 0 Å². The van der Waals surface area contributed by atoms with Gasteiger partial charge in [0.25, 0.3) is 0 Å². The van der Waals surface area contributed by atoms with Crippen LogP contribution in [0.1, 0.15) is 44.1 Å². The molecule has 6 heteroatoms. The van der Waals surface area contributed by atoms with Crippen molar-refractivity contribution in [2.75, 3.05) is 19.6 Å². The molecule has 2 saturated heterocycles. The van der Waals surface area contributed by atoms with E-state index in [0.29, 0.717) is 18.9 Å². The Hall–Kier alpha value is -1.75. The number of carbonyl (C=O) groups excluding carboxylic acids is 2. The second-order valence-corrected chi connectivity index (χ2v) is 7.52. The number of rotatable bonds is 3. The zero-order chi connectivity index (χ0) is 17.2. The van der Waals surface area contributed by atoms with Crippen LogP contribution in [0.4, 0.5) is 4.79 Å². The van der Waals surface area contributed by atoms with E-state index in [9.17, 15) is 9.59 Å². The minimum atomic E-state index is -0.314. The molecule has 3 amide bonds. The fraction of sp³-hybridized carbons (Fsp3) is 0.556. The van der Waals surface area contributed by atoms with Gasteiger partial charge in [-0.3, -0.25) is 4.79 Å². The van der Waals surface area contributed by atoms with Crippen molar-refractivity contribution in [1.82, 2.24) is 15.5 Å². The smallest absolute Gasteiger partial charge is 0.317 e. The molecule has 1 unspecified atom stereocenters. The predicted octanol–water partition coefficient (Wildman–Crippen LogP) is 2.90. The number of carbonyl (C=O) groups is 2. The van der Waals surface area contributed by atoms with E-state index in [0.717, 1.165) is 37.4 Å². The molecular weight excluding hydrogens is 326 g/mol. The third-order valence-electron chi connectivity index (χ3n) is 5.08. The highest BCUT2D eigenvalue weighted by Crippen LogP contribution is 2.29. The van der Waals surface area contributed by atoms with Gasteiger partial charge in [-0.15, -0.1) is 0 Å². The summed E-state index contributed by atoms with van der Waals surface area (Å²) in [6.45, 7) is 3.94. The number of nitrogens with zero attached hydrogens (tertiary/aromatic N) is 1. The molecule has 0 bridgehead atoms. The quantitative estimate of drug-likeness (QED) is 0.881. The monoisotopic (exact) mass is 349 g/mol. The van der Waals surface area contributed by atoms with Gasteiger partial charge in [0.1, 0.15) is 0 Å². The highest BCUT2D eigenvalue weighted by atomic mass is 35.5. The lowest BCUT2D eigenvalue weighted by atomic mass is 9.89. The van der Waals surface area contributed by atoms with E-state index in [1.54, 1.807) is 0 Å². The van der Waals surface area contributed by atoms with Crippen molar-refractivity contribution in [3.05, 3.63) is 34.9 Å². The van der Waals surface area contributed by atoms with E-state index >= 15 is 0 Å². The van der Waals surface area contributed by atoms with Gasteiger partial charge in [-0.2, -0.15) is 0 Å². The van der Waals surface area contributed by atoms with Crippen molar-refractivity contribution >= 4 is 23.5 Å². The van der Waals surface area contributed by atoms with Gasteiger partial charge in [0.15, 0.2) is 0 Å². The normalized spacial score (nSPS) is 24.8. The van der Waals surface area contributed by atoms with Crippen molar-refractivity contribution in [3.63, 3.8) is 0 Å². The van der Waals surface area contributed by atoms with Crippen LogP contribution in [-0.2, 0) is 4.79 Å². The SMILES string of the molecule is CC1(CNC(=O)N2CCC(c3cccc(Cl)c3)CC2)CCC(=O)N1. The van der Waals surface area contributed by atoms with Crippen LogP contribution in [0.5, 0.6) is 0 Å². The summed E-state index contributed by atoms with van der Waals surface area (Å²) in [7, 11) is 0. The van der Waals surface area contributed by atoms with Crippen molar-refractivity contribution in [2.24, 2.45) is 0 Å². The van der Waals surface area contributed by atoms with Gasteiger partial charge in [-0.1, -0.05) is 23.7 Å². The maximum absolute atomic E-state index is 12.4. The summed E-state index contributed by atoms with van der Waals surface area (Å²) >= 11 is 6.07. The Morgan fingerprint density at radius 3 is 2.79 bits per heavy atom. The maximum Gasteiger partial charge on any atom is 0.317 e. The molecule has 24 heavy (non-hydrogen) atoms. The van der Waals surface area contributed by atoms with E-state index in [-0.39, 0.29) is 17.5 Å². The molecule has 0 saturated carbocycles. The van der Waals surface area contributed by atoms with Crippen LogP contribution in [0, 0.1) is 0 Å². The number of amides is 3. The van der Waals surface area contributed by atoms with E-state index in [1.807, 2.05) is 30.0 Å². The van der Waals surface area contributed by atoms with Gasteiger partial charge in [-0.25, -0.2) is 4.79 Å². The fourth-order valence-electron chi connectivity index (χ4n) is 3.54. The van der Waals surface area contributed by atoms with Crippen LogP contribution in [0.15, 0.2) is 24.3 Å². The molecule has 130 valence electrons. The molecule has 5 nitrogen and oxygen atoms in total. The molecule has 0 spiro atoms. The summed E-state index contributed by atoms with van der Waals surface area (Å²) in [6.07, 6.45) is 3.20. The Morgan fingerprint density at radius 2 is 2.17 bits per heavy atom. The number of piperidine rings is 1. The van der Waals surface area contributed by atoms with Crippen molar-refractivity contribution < 1.29 is 9.59 Å². The molecular formula is C18H24ClN3O2. The molecule has 0 radical (unpaired) electrons. The summed E-state index contributed by atoms with van der Waals surface area (Å²) in [5, 5.41) is 6.67. The number of halogens is 1. The van der Waals surface area contributed by atoms with Crippen molar-refractivity contribution in [2.45, 2.75) is 44.1 Å². The number of likely N-dealkylation sites (tertiary alicyclic amines) is 1. The number of nitrogens with one attached hydrogen (secondary N) is 2. The minimum Gasteiger partial charge on any atom is -0.349 e. The van der Waals surface area contributed by atoms with Crippen LogP contribution in [0.2, 0.25) is 5.02 Å². The standard InChI is InChI=1S/C18H24ClN3O2/c1-18(8-5-16(23)21-18)12-20-17(24)22-9-6-13(7-10-22)14-3-2-4-15(19)11-14/h2-4,11,13H,5-10,12H2,1H3,(H,20,24)(H,21,23). The van der Waals surface area contributed by atoms with E-state index < -0.39 is 0 Å². The molecule has 2 N–H and O–H groups in total. The van der Waals surface area contributed by atoms with Crippen molar-refractivity contribution in [3.8, 4) is 0 Å². The second-order valence-electron chi connectivity index (χ2n) is 7.08. The summed E-state index contributed by atoms with van der Waals surface area (Å²) in [4.78, 5) is 25.6. The van der Waals surface area contributed by atoms with Crippen LogP contribution < -0.4 is 10.6 Å². The second kappa shape index (κ2) is 7.01. The predicted molar refractivity (Wildman–Crippen MR) is 94.2 cm³/mol. The largest absolute Gasteiger partial charge is 0.349 e. The molecule has 1 aromatic rings. The lowest BCUT2D eigenvalue weighted by Crippen LogP contribution is -2.52. The average Bonchev–Trinajstić information content (AvgIpc) is 2.92. The van der Waals surface area contributed by atoms with Gasteiger partial charge >= 0.3 is 6.03 Å². The third-order valence-corrected chi connectivity index (χ3v) is 5.31. The van der Waals surface area contributed by atoms with Gasteiger partial charge in [0.2, 0.25) is 5.91 Å². The molecule has 0 aromatic heterocycles. The molecule has 2 aliphatic rings. The first-order chi connectivity index (χ1) is 11.5. The van der Waals surface area contributed by atoms with Gasteiger partial charge in [-0.05, 0) is 49.8 Å².